The summed E-state index contributed by atoms with van der Waals surface area (Å²) >= 11 is 0. The first-order valence-corrected chi connectivity index (χ1v) is 9.24. The molecule has 0 saturated carbocycles. The number of carbonyl (C=O) groups is 1. The van der Waals surface area contributed by atoms with E-state index in [4.69, 9.17) is 14.5 Å². The number of rotatable bonds is 5. The van der Waals surface area contributed by atoms with Crippen LogP contribution in [0, 0.1) is 11.7 Å². The largest absolute Gasteiger partial charge is 0.513 e. The Morgan fingerprint density at radius 1 is 1.14 bits per heavy atom. The van der Waals surface area contributed by atoms with E-state index in [0.29, 0.717) is 17.2 Å². The Balaban J connectivity index is 2.09. The molecule has 2 aromatic carbocycles. The maximum Gasteiger partial charge on any atom is 0.513 e. The Kier molecular flexibility index (Phi) is 6.09. The second-order valence-electron chi connectivity index (χ2n) is 6.64. The topological polar surface area (TPSA) is 59.9 Å². The zero-order chi connectivity index (χ0) is 20.1. The van der Waals surface area contributed by atoms with Crippen LogP contribution in [0.25, 0.3) is 0 Å². The van der Waals surface area contributed by atoms with Gasteiger partial charge in [-0.1, -0.05) is 56.3 Å². The molecule has 5 nitrogen and oxygen atoms in total. The SMILES string of the molecule is CCOC(=O)OC1=C(C(C)C)NC(c2ccccc2)=NC1c1ccc(F)cc1. The highest BCUT2D eigenvalue weighted by atomic mass is 19.1. The van der Waals surface area contributed by atoms with Crippen LogP contribution in [0.5, 0.6) is 0 Å². The summed E-state index contributed by atoms with van der Waals surface area (Å²) in [5, 5.41) is 3.30. The molecule has 0 spiro atoms. The zero-order valence-corrected chi connectivity index (χ0v) is 16.1. The van der Waals surface area contributed by atoms with Crippen molar-refractivity contribution >= 4 is 12.0 Å². The minimum atomic E-state index is -0.789. The molecule has 0 bridgehead atoms. The number of amidine groups is 1. The van der Waals surface area contributed by atoms with Gasteiger partial charge in [0, 0.05) is 5.56 Å². The summed E-state index contributed by atoms with van der Waals surface area (Å²) in [6.07, 6.45) is -0.789. The molecule has 1 aliphatic rings. The maximum absolute atomic E-state index is 13.4. The van der Waals surface area contributed by atoms with Crippen LogP contribution in [-0.4, -0.2) is 18.6 Å². The lowest BCUT2D eigenvalue weighted by Gasteiger charge is -2.29. The molecule has 2 aromatic rings. The summed E-state index contributed by atoms with van der Waals surface area (Å²) in [6, 6.07) is 15.1. The van der Waals surface area contributed by atoms with Gasteiger partial charge in [-0.05, 0) is 30.5 Å². The van der Waals surface area contributed by atoms with Crippen LogP contribution in [0.2, 0.25) is 0 Å². The van der Waals surface area contributed by atoms with Crippen LogP contribution < -0.4 is 5.32 Å². The molecule has 0 radical (unpaired) electrons. The van der Waals surface area contributed by atoms with Gasteiger partial charge in [-0.15, -0.1) is 0 Å². The molecule has 0 aliphatic carbocycles. The number of nitrogens with zero attached hydrogens (tertiary/aromatic N) is 1. The lowest BCUT2D eigenvalue weighted by Crippen LogP contribution is -2.34. The summed E-state index contributed by atoms with van der Waals surface area (Å²) in [5.41, 5.74) is 2.35. The quantitative estimate of drug-likeness (QED) is 0.743. The molecule has 1 atom stereocenters. The van der Waals surface area contributed by atoms with Crippen LogP contribution in [0.15, 0.2) is 71.0 Å². The van der Waals surface area contributed by atoms with Crippen LogP contribution >= 0.6 is 0 Å². The fourth-order valence-electron chi connectivity index (χ4n) is 2.95. The third-order valence-corrected chi connectivity index (χ3v) is 4.29. The second kappa shape index (κ2) is 8.69. The molecule has 0 amide bonds. The normalized spacial score (nSPS) is 16.5. The van der Waals surface area contributed by atoms with E-state index in [9.17, 15) is 9.18 Å². The summed E-state index contributed by atoms with van der Waals surface area (Å²) in [4.78, 5) is 16.8. The van der Waals surface area contributed by atoms with Crippen molar-refractivity contribution in [2.45, 2.75) is 26.8 Å². The Hall–Kier alpha value is -3.15. The number of allylic oxidation sites excluding steroid dienone is 1. The molecular weight excluding hydrogens is 359 g/mol. The van der Waals surface area contributed by atoms with E-state index in [1.54, 1.807) is 19.1 Å². The molecule has 28 heavy (non-hydrogen) atoms. The van der Waals surface area contributed by atoms with Crippen molar-refractivity contribution < 1.29 is 18.7 Å². The first-order chi connectivity index (χ1) is 13.5. The number of nitrogens with one attached hydrogen (secondary N) is 1. The molecule has 1 N–H and O–H groups in total. The summed E-state index contributed by atoms with van der Waals surface area (Å²) in [6.45, 7) is 5.90. The van der Waals surface area contributed by atoms with Gasteiger partial charge in [-0.2, -0.15) is 0 Å². The van der Waals surface area contributed by atoms with Crippen molar-refractivity contribution in [3.63, 3.8) is 0 Å². The number of halogens is 1. The molecule has 3 rings (SSSR count). The van der Waals surface area contributed by atoms with Crippen molar-refractivity contribution in [2.24, 2.45) is 10.9 Å². The lowest BCUT2D eigenvalue weighted by molar-refractivity contribution is 0.0757. The van der Waals surface area contributed by atoms with Gasteiger partial charge in [0.1, 0.15) is 17.7 Å². The van der Waals surface area contributed by atoms with Crippen molar-refractivity contribution in [1.29, 1.82) is 0 Å². The van der Waals surface area contributed by atoms with Gasteiger partial charge in [-0.3, -0.25) is 4.99 Å². The first kappa shape index (κ1) is 19.6. The van der Waals surface area contributed by atoms with E-state index in [1.165, 1.54) is 12.1 Å². The predicted octanol–water partition coefficient (Wildman–Crippen LogP) is 4.96. The Bertz CT molecular complexity index is 890. The van der Waals surface area contributed by atoms with Crippen molar-refractivity contribution in [3.8, 4) is 0 Å². The van der Waals surface area contributed by atoms with Gasteiger partial charge in [0.15, 0.2) is 5.76 Å². The highest BCUT2D eigenvalue weighted by Crippen LogP contribution is 2.34. The fourth-order valence-corrected chi connectivity index (χ4v) is 2.95. The van der Waals surface area contributed by atoms with Gasteiger partial charge in [0.05, 0.1) is 12.3 Å². The molecule has 6 heteroatoms. The summed E-state index contributed by atoms with van der Waals surface area (Å²) in [7, 11) is 0. The standard InChI is InChI=1S/C22H23FN2O3/c1-4-27-22(26)28-20-18(14(2)3)24-21(16-8-6-5-7-9-16)25-19(20)15-10-12-17(23)13-11-15/h5-14,19H,4H2,1-3H3,(H,24,25). The van der Waals surface area contributed by atoms with E-state index in [-0.39, 0.29) is 18.3 Å². The van der Waals surface area contributed by atoms with Crippen molar-refractivity contribution in [3.05, 3.63) is 83.0 Å². The number of aliphatic imine (C=N–C) groups is 1. The highest BCUT2D eigenvalue weighted by Gasteiger charge is 2.31. The molecule has 1 heterocycles. The minimum Gasteiger partial charge on any atom is -0.434 e. The molecule has 146 valence electrons. The number of carbonyl (C=O) groups excluding carboxylic acids is 1. The number of hydrogen-bond acceptors (Lipinski definition) is 5. The second-order valence-corrected chi connectivity index (χ2v) is 6.64. The molecular formula is C22H23FN2O3. The Morgan fingerprint density at radius 2 is 1.82 bits per heavy atom. The molecule has 0 aromatic heterocycles. The maximum atomic E-state index is 13.4. The van der Waals surface area contributed by atoms with E-state index in [1.807, 2.05) is 44.2 Å². The van der Waals surface area contributed by atoms with E-state index in [2.05, 4.69) is 5.32 Å². The average molecular weight is 382 g/mol. The van der Waals surface area contributed by atoms with Gasteiger partial charge < -0.3 is 14.8 Å². The van der Waals surface area contributed by atoms with Gasteiger partial charge >= 0.3 is 6.16 Å². The Labute approximate surface area is 163 Å². The average Bonchev–Trinajstić information content (AvgIpc) is 2.69. The van der Waals surface area contributed by atoms with Gasteiger partial charge in [0.2, 0.25) is 0 Å². The van der Waals surface area contributed by atoms with Gasteiger partial charge in [-0.25, -0.2) is 9.18 Å². The van der Waals surface area contributed by atoms with Crippen molar-refractivity contribution in [1.82, 2.24) is 5.32 Å². The predicted molar refractivity (Wildman–Crippen MR) is 105 cm³/mol. The molecule has 0 fully saturated rings. The smallest absolute Gasteiger partial charge is 0.434 e. The van der Waals surface area contributed by atoms with E-state index in [0.717, 1.165) is 11.3 Å². The number of hydrogen-bond donors (Lipinski definition) is 1. The highest BCUT2D eigenvalue weighted by molar-refractivity contribution is 6.00. The lowest BCUT2D eigenvalue weighted by atomic mass is 9.97. The third-order valence-electron chi connectivity index (χ3n) is 4.29. The first-order valence-electron chi connectivity index (χ1n) is 9.24. The van der Waals surface area contributed by atoms with Crippen LogP contribution in [0.3, 0.4) is 0 Å². The van der Waals surface area contributed by atoms with E-state index < -0.39 is 12.2 Å². The molecule has 1 aliphatic heterocycles. The van der Waals surface area contributed by atoms with Crippen LogP contribution in [0.1, 0.15) is 37.9 Å². The van der Waals surface area contributed by atoms with Crippen LogP contribution in [-0.2, 0) is 9.47 Å². The van der Waals surface area contributed by atoms with E-state index >= 15 is 0 Å². The third kappa shape index (κ3) is 4.39. The monoisotopic (exact) mass is 382 g/mol. The zero-order valence-electron chi connectivity index (χ0n) is 16.1. The minimum absolute atomic E-state index is 0.0292. The van der Waals surface area contributed by atoms with Crippen LogP contribution in [0.4, 0.5) is 9.18 Å². The Morgan fingerprint density at radius 3 is 2.43 bits per heavy atom. The summed E-state index contributed by atoms with van der Waals surface area (Å²) in [5.74, 6) is 0.710. The molecule has 0 saturated heterocycles. The number of ether oxygens (including phenoxy) is 2. The fraction of sp³-hybridized carbons (Fsp3) is 0.273. The number of benzene rings is 2. The van der Waals surface area contributed by atoms with Crippen molar-refractivity contribution in [2.75, 3.05) is 6.61 Å². The summed E-state index contributed by atoms with van der Waals surface area (Å²) < 4.78 is 23.9. The van der Waals surface area contributed by atoms with Gasteiger partial charge in [0.25, 0.3) is 0 Å². The molecule has 1 unspecified atom stereocenters.